The lowest BCUT2D eigenvalue weighted by Crippen LogP contribution is -1.99. The van der Waals surface area contributed by atoms with Gasteiger partial charge in [0.1, 0.15) is 0 Å². The second-order valence-corrected chi connectivity index (χ2v) is 7.01. The van der Waals surface area contributed by atoms with Gasteiger partial charge < -0.3 is 4.57 Å². The molecular weight excluding hydrogens is 408 g/mol. The number of benzene rings is 3. The van der Waals surface area contributed by atoms with Gasteiger partial charge in [0.25, 0.3) is 5.69 Å². The summed E-state index contributed by atoms with van der Waals surface area (Å²) in [6.45, 7) is 0. The van der Waals surface area contributed by atoms with Crippen LogP contribution in [0.2, 0.25) is 0 Å². The third-order valence-electron chi connectivity index (χ3n) is 4.63. The van der Waals surface area contributed by atoms with Crippen LogP contribution in [0.5, 0.6) is 0 Å². The highest BCUT2D eigenvalue weighted by Crippen LogP contribution is 2.33. The summed E-state index contributed by atoms with van der Waals surface area (Å²) in [6, 6.07) is 20.2. The number of ketones is 1. The molecule has 5 nitrogen and oxygen atoms in total. The number of carbonyl (C=O) groups excluding carboxylic acids is 1. The number of rotatable bonds is 5. The maximum absolute atomic E-state index is 12.3. The van der Waals surface area contributed by atoms with Crippen molar-refractivity contribution in [1.82, 2.24) is 4.57 Å². The third kappa shape index (κ3) is 3.02. The number of nitrogens with zero attached hydrogens (tertiary/aromatic N) is 2. The number of nitro groups is 1. The normalized spacial score (nSPS) is 11.1. The second kappa shape index (κ2) is 6.96. The first-order chi connectivity index (χ1) is 13.1. The quantitative estimate of drug-likeness (QED) is 0.180. The first-order valence-electron chi connectivity index (χ1n) is 8.47. The standard InChI is InChI=1S/C21H15BrN2O3/c22-12-11-21(25)14-5-10-20-18(13-14)17-3-1-2-4-19(17)23(20)15-6-8-16(9-7-15)24(26)27/h1-10,13H,11-12H2. The van der Waals surface area contributed by atoms with Crippen LogP contribution >= 0.6 is 15.9 Å². The zero-order chi connectivity index (χ0) is 19.0. The molecule has 0 spiro atoms. The van der Waals surface area contributed by atoms with Crippen molar-refractivity contribution in [2.75, 3.05) is 5.33 Å². The van der Waals surface area contributed by atoms with E-state index in [1.165, 1.54) is 12.1 Å². The number of nitro benzene ring substituents is 1. The molecule has 0 saturated heterocycles. The van der Waals surface area contributed by atoms with Crippen molar-refractivity contribution in [2.24, 2.45) is 0 Å². The lowest BCUT2D eigenvalue weighted by Gasteiger charge is -2.08. The monoisotopic (exact) mass is 422 g/mol. The number of fused-ring (bicyclic) bond motifs is 3. The number of carbonyl (C=O) groups is 1. The van der Waals surface area contributed by atoms with Gasteiger partial charge in [0, 0.05) is 45.9 Å². The van der Waals surface area contributed by atoms with Crippen molar-refractivity contribution in [3.05, 3.63) is 82.4 Å². The Labute approximate surface area is 163 Å². The number of hydrogen-bond acceptors (Lipinski definition) is 3. The number of hydrogen-bond donors (Lipinski definition) is 0. The van der Waals surface area contributed by atoms with Crippen LogP contribution in [0.1, 0.15) is 16.8 Å². The van der Waals surface area contributed by atoms with Gasteiger partial charge in [-0.05, 0) is 36.4 Å². The molecule has 0 unspecified atom stereocenters. The fourth-order valence-electron chi connectivity index (χ4n) is 3.38. The minimum atomic E-state index is -0.405. The van der Waals surface area contributed by atoms with Gasteiger partial charge >= 0.3 is 0 Å². The Bertz CT molecular complexity index is 1180. The number of Topliss-reactive ketones (excluding diaryl/α,β-unsaturated/α-hetero) is 1. The predicted octanol–water partition coefficient (Wildman–Crippen LogP) is 5.66. The van der Waals surface area contributed by atoms with Gasteiger partial charge in [-0.1, -0.05) is 34.1 Å². The van der Waals surface area contributed by atoms with E-state index < -0.39 is 4.92 Å². The number of para-hydroxylation sites is 1. The number of aromatic nitrogens is 1. The Morgan fingerprint density at radius 2 is 1.67 bits per heavy atom. The molecule has 4 aromatic rings. The summed E-state index contributed by atoms with van der Waals surface area (Å²) in [4.78, 5) is 22.8. The Morgan fingerprint density at radius 3 is 2.37 bits per heavy atom. The van der Waals surface area contributed by atoms with Crippen molar-refractivity contribution < 1.29 is 9.72 Å². The largest absolute Gasteiger partial charge is 0.309 e. The second-order valence-electron chi connectivity index (χ2n) is 6.22. The molecule has 27 heavy (non-hydrogen) atoms. The molecule has 1 heterocycles. The lowest BCUT2D eigenvalue weighted by molar-refractivity contribution is -0.384. The number of alkyl halides is 1. The molecule has 0 N–H and O–H groups in total. The summed E-state index contributed by atoms with van der Waals surface area (Å²) >= 11 is 3.31. The van der Waals surface area contributed by atoms with Gasteiger partial charge in [0.05, 0.1) is 16.0 Å². The number of halogens is 1. The molecule has 0 aliphatic rings. The molecule has 0 aliphatic carbocycles. The van der Waals surface area contributed by atoms with Crippen LogP contribution < -0.4 is 0 Å². The van der Waals surface area contributed by atoms with Crippen molar-refractivity contribution in [1.29, 1.82) is 0 Å². The average Bonchev–Trinajstić information content (AvgIpc) is 3.02. The molecule has 0 aliphatic heterocycles. The van der Waals surface area contributed by atoms with Gasteiger partial charge in [-0.3, -0.25) is 14.9 Å². The van der Waals surface area contributed by atoms with E-state index in [0.717, 1.165) is 27.5 Å². The van der Waals surface area contributed by atoms with Crippen LogP contribution in [-0.2, 0) is 0 Å². The fourth-order valence-corrected chi connectivity index (χ4v) is 3.74. The Hall–Kier alpha value is -2.99. The van der Waals surface area contributed by atoms with Crippen LogP contribution in [0, 0.1) is 10.1 Å². The SMILES string of the molecule is O=C(CCBr)c1ccc2c(c1)c1ccccc1n2-c1ccc([N+](=O)[O-])cc1. The minimum Gasteiger partial charge on any atom is -0.309 e. The summed E-state index contributed by atoms with van der Waals surface area (Å²) in [5.74, 6) is 0.0981. The van der Waals surface area contributed by atoms with Crippen LogP contribution in [0.4, 0.5) is 5.69 Å². The Balaban J connectivity index is 1.96. The Kier molecular flexibility index (Phi) is 4.49. The predicted molar refractivity (Wildman–Crippen MR) is 110 cm³/mol. The maximum Gasteiger partial charge on any atom is 0.269 e. The smallest absolute Gasteiger partial charge is 0.269 e. The van der Waals surface area contributed by atoms with Crippen molar-refractivity contribution in [3.63, 3.8) is 0 Å². The average molecular weight is 423 g/mol. The maximum atomic E-state index is 12.3. The summed E-state index contributed by atoms with van der Waals surface area (Å²) in [5, 5.41) is 13.6. The molecular formula is C21H15BrN2O3. The lowest BCUT2D eigenvalue weighted by atomic mass is 10.1. The van der Waals surface area contributed by atoms with E-state index in [0.29, 0.717) is 17.3 Å². The van der Waals surface area contributed by atoms with E-state index in [1.807, 2.05) is 42.5 Å². The summed E-state index contributed by atoms with van der Waals surface area (Å²) in [6.07, 6.45) is 0.451. The molecule has 3 aromatic carbocycles. The Morgan fingerprint density at radius 1 is 0.963 bits per heavy atom. The fraction of sp³-hybridized carbons (Fsp3) is 0.0952. The zero-order valence-corrected chi connectivity index (χ0v) is 15.8. The van der Waals surface area contributed by atoms with Crippen LogP contribution in [0.15, 0.2) is 66.7 Å². The molecule has 6 heteroatoms. The molecule has 4 rings (SSSR count). The zero-order valence-electron chi connectivity index (χ0n) is 14.3. The van der Waals surface area contributed by atoms with E-state index in [1.54, 1.807) is 12.1 Å². The molecule has 1 aromatic heterocycles. The van der Waals surface area contributed by atoms with E-state index in [4.69, 9.17) is 0 Å². The molecule has 134 valence electrons. The van der Waals surface area contributed by atoms with Crippen molar-refractivity contribution in [2.45, 2.75) is 6.42 Å². The van der Waals surface area contributed by atoms with Gasteiger partial charge in [-0.15, -0.1) is 0 Å². The summed E-state index contributed by atoms with van der Waals surface area (Å²) in [7, 11) is 0. The molecule has 0 radical (unpaired) electrons. The summed E-state index contributed by atoms with van der Waals surface area (Å²) < 4.78 is 2.06. The highest BCUT2D eigenvalue weighted by molar-refractivity contribution is 9.09. The van der Waals surface area contributed by atoms with Gasteiger partial charge in [-0.25, -0.2) is 0 Å². The van der Waals surface area contributed by atoms with Crippen LogP contribution in [0.3, 0.4) is 0 Å². The van der Waals surface area contributed by atoms with E-state index in [2.05, 4.69) is 20.5 Å². The van der Waals surface area contributed by atoms with Gasteiger partial charge in [-0.2, -0.15) is 0 Å². The van der Waals surface area contributed by atoms with Crippen molar-refractivity contribution in [3.8, 4) is 5.69 Å². The molecule has 0 bridgehead atoms. The van der Waals surface area contributed by atoms with Crippen LogP contribution in [-0.4, -0.2) is 20.6 Å². The molecule has 0 amide bonds. The minimum absolute atomic E-state index is 0.0576. The third-order valence-corrected chi connectivity index (χ3v) is 5.03. The first kappa shape index (κ1) is 17.4. The molecule has 0 fully saturated rings. The highest BCUT2D eigenvalue weighted by Gasteiger charge is 2.15. The van der Waals surface area contributed by atoms with E-state index in [9.17, 15) is 14.9 Å². The highest BCUT2D eigenvalue weighted by atomic mass is 79.9. The van der Waals surface area contributed by atoms with Gasteiger partial charge in [0.15, 0.2) is 5.78 Å². The molecule has 0 saturated carbocycles. The van der Waals surface area contributed by atoms with Crippen molar-refractivity contribution >= 4 is 49.2 Å². The van der Waals surface area contributed by atoms with Crippen LogP contribution in [0.25, 0.3) is 27.5 Å². The number of non-ortho nitro benzene ring substituents is 1. The molecule has 0 atom stereocenters. The topological polar surface area (TPSA) is 65.1 Å². The first-order valence-corrected chi connectivity index (χ1v) is 9.59. The summed E-state index contributed by atoms with van der Waals surface area (Å²) in [5.41, 5.74) is 3.54. The van der Waals surface area contributed by atoms with E-state index >= 15 is 0 Å². The van der Waals surface area contributed by atoms with Gasteiger partial charge in [0.2, 0.25) is 0 Å². The van der Waals surface area contributed by atoms with E-state index in [-0.39, 0.29) is 11.5 Å².